The Hall–Kier alpha value is -0.540. The minimum Gasteiger partial charge on any atom is -0.496 e. The van der Waals surface area contributed by atoms with Gasteiger partial charge in [0.1, 0.15) is 5.75 Å². The minimum atomic E-state index is -0.0250. The molecule has 0 heterocycles. The van der Waals surface area contributed by atoms with Crippen LogP contribution in [0.25, 0.3) is 0 Å². The van der Waals surface area contributed by atoms with Crippen molar-refractivity contribution in [2.24, 2.45) is 5.41 Å². The number of hydrogen-bond acceptors (Lipinski definition) is 2. The summed E-state index contributed by atoms with van der Waals surface area (Å²) in [5, 5.41) is 9.51. The van der Waals surface area contributed by atoms with Gasteiger partial charge in [-0.25, -0.2) is 0 Å². The van der Waals surface area contributed by atoms with Gasteiger partial charge < -0.3 is 9.84 Å². The van der Waals surface area contributed by atoms with Crippen LogP contribution in [-0.2, 0) is 6.42 Å². The number of aliphatic hydroxyl groups is 1. The van der Waals surface area contributed by atoms with Crippen LogP contribution in [0.2, 0.25) is 0 Å². The fraction of sp³-hybridized carbons (Fsp3) is 0.571. The van der Waals surface area contributed by atoms with Crippen molar-refractivity contribution in [1.29, 1.82) is 0 Å². The molecule has 0 amide bonds. The average molecular weight is 301 g/mol. The molecule has 1 aromatic rings. The molecule has 0 bridgehead atoms. The topological polar surface area (TPSA) is 29.5 Å². The maximum atomic E-state index is 9.51. The van der Waals surface area contributed by atoms with Crippen LogP contribution in [0, 0.1) is 5.41 Å². The number of halogens is 1. The van der Waals surface area contributed by atoms with Crippen molar-refractivity contribution in [3.05, 3.63) is 28.2 Å². The molecule has 1 N–H and O–H groups in total. The van der Waals surface area contributed by atoms with Gasteiger partial charge in [0.2, 0.25) is 0 Å². The van der Waals surface area contributed by atoms with E-state index in [-0.39, 0.29) is 12.0 Å². The number of benzene rings is 1. The van der Waals surface area contributed by atoms with E-state index in [1.807, 2.05) is 6.07 Å². The molecule has 0 aliphatic rings. The summed E-state index contributed by atoms with van der Waals surface area (Å²) in [4.78, 5) is 0. The number of methoxy groups -OCH3 is 1. The Morgan fingerprint density at radius 3 is 2.59 bits per heavy atom. The minimum absolute atomic E-state index is 0.0250. The number of aliphatic hydroxyl groups excluding tert-OH is 1. The van der Waals surface area contributed by atoms with E-state index >= 15 is 0 Å². The van der Waals surface area contributed by atoms with E-state index in [2.05, 4.69) is 41.9 Å². The molecule has 0 aliphatic carbocycles. The average Bonchev–Trinajstić information content (AvgIpc) is 2.29. The summed E-state index contributed by atoms with van der Waals surface area (Å²) in [7, 11) is 1.66. The van der Waals surface area contributed by atoms with Crippen LogP contribution in [0.15, 0.2) is 22.7 Å². The zero-order valence-electron chi connectivity index (χ0n) is 10.8. The van der Waals surface area contributed by atoms with Crippen molar-refractivity contribution in [1.82, 2.24) is 0 Å². The Labute approximate surface area is 112 Å². The lowest BCUT2D eigenvalue weighted by Gasteiger charge is -2.27. The molecule has 0 spiro atoms. The van der Waals surface area contributed by atoms with Gasteiger partial charge in [-0.05, 0) is 51.9 Å². The molecule has 0 saturated carbocycles. The molecular formula is C14H21BrO2. The standard InChI is InChI=1S/C14H21BrO2/c1-4-7-14(2,10-16)9-11-5-6-13(17-3)12(15)8-11/h5-6,8,16H,4,7,9-10H2,1-3H3. The van der Waals surface area contributed by atoms with Crippen molar-refractivity contribution < 1.29 is 9.84 Å². The van der Waals surface area contributed by atoms with E-state index in [0.717, 1.165) is 29.5 Å². The lowest BCUT2D eigenvalue weighted by Crippen LogP contribution is -2.24. The number of ether oxygens (including phenoxy) is 1. The SMILES string of the molecule is CCCC(C)(CO)Cc1ccc(OC)c(Br)c1. The predicted molar refractivity (Wildman–Crippen MR) is 74.5 cm³/mol. The van der Waals surface area contributed by atoms with Crippen LogP contribution in [0.5, 0.6) is 5.75 Å². The van der Waals surface area contributed by atoms with E-state index < -0.39 is 0 Å². The summed E-state index contributed by atoms with van der Waals surface area (Å²) < 4.78 is 6.17. The molecule has 0 saturated heterocycles. The van der Waals surface area contributed by atoms with Crippen LogP contribution in [0.1, 0.15) is 32.3 Å². The third-order valence-electron chi connectivity index (χ3n) is 3.08. The van der Waals surface area contributed by atoms with Gasteiger partial charge >= 0.3 is 0 Å². The van der Waals surface area contributed by atoms with Gasteiger partial charge in [0.25, 0.3) is 0 Å². The maximum Gasteiger partial charge on any atom is 0.133 e. The van der Waals surface area contributed by atoms with Crippen LogP contribution in [0.3, 0.4) is 0 Å². The van der Waals surface area contributed by atoms with Crippen LogP contribution in [-0.4, -0.2) is 18.8 Å². The van der Waals surface area contributed by atoms with Gasteiger partial charge in [0.15, 0.2) is 0 Å². The van der Waals surface area contributed by atoms with Gasteiger partial charge in [-0.2, -0.15) is 0 Å². The quantitative estimate of drug-likeness (QED) is 0.866. The molecule has 0 aliphatic heterocycles. The molecule has 17 heavy (non-hydrogen) atoms. The summed E-state index contributed by atoms with van der Waals surface area (Å²) in [6.07, 6.45) is 3.02. The summed E-state index contributed by atoms with van der Waals surface area (Å²) in [6.45, 7) is 4.51. The summed E-state index contributed by atoms with van der Waals surface area (Å²) in [5.41, 5.74) is 1.20. The molecule has 0 aromatic heterocycles. The van der Waals surface area contributed by atoms with E-state index in [9.17, 15) is 5.11 Å². The molecule has 0 fully saturated rings. The summed E-state index contributed by atoms with van der Waals surface area (Å²) >= 11 is 3.49. The summed E-state index contributed by atoms with van der Waals surface area (Å²) in [5.74, 6) is 0.843. The molecule has 1 rings (SSSR count). The Balaban J connectivity index is 2.83. The second-order valence-corrected chi connectivity index (χ2v) is 5.72. The lowest BCUT2D eigenvalue weighted by molar-refractivity contribution is 0.131. The van der Waals surface area contributed by atoms with Crippen molar-refractivity contribution >= 4 is 15.9 Å². The predicted octanol–water partition coefficient (Wildman–Crippen LogP) is 3.80. The second-order valence-electron chi connectivity index (χ2n) is 4.86. The normalized spacial score (nSPS) is 14.4. The van der Waals surface area contributed by atoms with E-state index in [0.29, 0.717) is 0 Å². The highest BCUT2D eigenvalue weighted by molar-refractivity contribution is 9.10. The smallest absolute Gasteiger partial charge is 0.133 e. The first kappa shape index (κ1) is 14.5. The van der Waals surface area contributed by atoms with E-state index in [1.165, 1.54) is 5.56 Å². The number of rotatable bonds is 6. The van der Waals surface area contributed by atoms with Gasteiger partial charge in [-0.1, -0.05) is 26.3 Å². The molecule has 2 nitrogen and oxygen atoms in total. The molecular weight excluding hydrogens is 280 g/mol. The van der Waals surface area contributed by atoms with Crippen molar-refractivity contribution in [3.63, 3.8) is 0 Å². The first-order valence-corrected chi connectivity index (χ1v) is 6.77. The Bertz CT molecular complexity index is 365. The highest BCUT2D eigenvalue weighted by Crippen LogP contribution is 2.31. The van der Waals surface area contributed by atoms with Crippen molar-refractivity contribution in [2.45, 2.75) is 33.1 Å². The Morgan fingerprint density at radius 2 is 2.12 bits per heavy atom. The highest BCUT2D eigenvalue weighted by atomic mass is 79.9. The zero-order valence-corrected chi connectivity index (χ0v) is 12.4. The van der Waals surface area contributed by atoms with Gasteiger partial charge in [-0.3, -0.25) is 0 Å². The fourth-order valence-electron chi connectivity index (χ4n) is 2.14. The first-order chi connectivity index (χ1) is 8.04. The van der Waals surface area contributed by atoms with Gasteiger partial charge in [0.05, 0.1) is 11.6 Å². The summed E-state index contributed by atoms with van der Waals surface area (Å²) in [6, 6.07) is 6.10. The highest BCUT2D eigenvalue weighted by Gasteiger charge is 2.23. The van der Waals surface area contributed by atoms with Crippen molar-refractivity contribution in [2.75, 3.05) is 13.7 Å². The molecule has 1 unspecified atom stereocenters. The largest absolute Gasteiger partial charge is 0.496 e. The fourth-order valence-corrected chi connectivity index (χ4v) is 2.73. The van der Waals surface area contributed by atoms with Crippen LogP contribution < -0.4 is 4.74 Å². The lowest BCUT2D eigenvalue weighted by atomic mass is 9.80. The van der Waals surface area contributed by atoms with Crippen LogP contribution >= 0.6 is 15.9 Å². The van der Waals surface area contributed by atoms with E-state index in [4.69, 9.17) is 4.74 Å². The van der Waals surface area contributed by atoms with Crippen LogP contribution in [0.4, 0.5) is 0 Å². The number of hydrogen-bond donors (Lipinski definition) is 1. The first-order valence-electron chi connectivity index (χ1n) is 5.98. The van der Waals surface area contributed by atoms with Gasteiger partial charge in [-0.15, -0.1) is 0 Å². The van der Waals surface area contributed by atoms with E-state index in [1.54, 1.807) is 7.11 Å². The maximum absolute atomic E-state index is 9.51. The van der Waals surface area contributed by atoms with Crippen molar-refractivity contribution in [3.8, 4) is 5.75 Å². The molecule has 96 valence electrons. The Morgan fingerprint density at radius 1 is 1.41 bits per heavy atom. The molecule has 1 aromatic carbocycles. The van der Waals surface area contributed by atoms with Gasteiger partial charge in [0, 0.05) is 6.61 Å². The zero-order chi connectivity index (χ0) is 12.9. The second kappa shape index (κ2) is 6.41. The molecule has 3 heteroatoms. The third-order valence-corrected chi connectivity index (χ3v) is 3.70. The monoisotopic (exact) mass is 300 g/mol. The molecule has 0 radical (unpaired) electrons. The molecule has 1 atom stereocenters. The third kappa shape index (κ3) is 4.00. The Kier molecular flexibility index (Phi) is 5.47.